The van der Waals surface area contributed by atoms with E-state index in [2.05, 4.69) is 4.90 Å². The van der Waals surface area contributed by atoms with Crippen LogP contribution in [0.2, 0.25) is 0 Å². The monoisotopic (exact) mass is 236 g/mol. The van der Waals surface area contributed by atoms with Gasteiger partial charge in [0.15, 0.2) is 0 Å². The summed E-state index contributed by atoms with van der Waals surface area (Å²) in [5, 5.41) is 7.24. The molecule has 5 nitrogen and oxygen atoms in total. The van der Waals surface area contributed by atoms with Gasteiger partial charge in [-0.15, -0.1) is 0 Å². The summed E-state index contributed by atoms with van der Waals surface area (Å²) < 4.78 is 1.68. The van der Waals surface area contributed by atoms with Gasteiger partial charge in [0.1, 0.15) is 0 Å². The third-order valence-electron chi connectivity index (χ3n) is 2.86. The highest BCUT2D eigenvalue weighted by Gasteiger charge is 2.10. The van der Waals surface area contributed by atoms with E-state index in [0.717, 1.165) is 6.54 Å². The lowest BCUT2D eigenvalue weighted by Gasteiger charge is -2.24. The summed E-state index contributed by atoms with van der Waals surface area (Å²) in [4.78, 5) is 13.6. The van der Waals surface area contributed by atoms with Crippen LogP contribution in [-0.4, -0.2) is 34.9 Å². The molecule has 0 spiro atoms. The van der Waals surface area contributed by atoms with E-state index in [9.17, 15) is 4.79 Å². The minimum absolute atomic E-state index is 0.0140. The number of likely N-dealkylation sites (N-methyl/N-ethyl adjacent to an activating group) is 1. The predicted octanol–water partition coefficient (Wildman–Crippen LogP) is 0.495. The Morgan fingerprint density at radius 3 is 2.88 bits per heavy atom. The zero-order valence-electron chi connectivity index (χ0n) is 10.4. The Morgan fingerprint density at radius 2 is 2.29 bits per heavy atom. The van der Waals surface area contributed by atoms with Crippen molar-refractivity contribution >= 4 is 5.84 Å². The van der Waals surface area contributed by atoms with Crippen molar-refractivity contribution in [2.24, 2.45) is 5.73 Å². The van der Waals surface area contributed by atoms with Crippen molar-refractivity contribution in [1.82, 2.24) is 9.47 Å². The maximum absolute atomic E-state index is 11.5. The number of amidine groups is 1. The second-order valence-corrected chi connectivity index (χ2v) is 4.29. The molecule has 5 heteroatoms. The largest absolute Gasteiger partial charge is 0.388 e. The molecule has 0 fully saturated rings. The molecule has 0 saturated carbocycles. The lowest BCUT2D eigenvalue weighted by molar-refractivity contribution is 0.251. The van der Waals surface area contributed by atoms with Crippen molar-refractivity contribution in [3.8, 4) is 0 Å². The lowest BCUT2D eigenvalue weighted by atomic mass is 10.2. The fourth-order valence-electron chi connectivity index (χ4n) is 1.61. The molecule has 3 N–H and O–H groups in total. The number of hydrogen-bond acceptors (Lipinski definition) is 3. The van der Waals surface area contributed by atoms with Crippen molar-refractivity contribution in [2.45, 2.75) is 25.9 Å². The van der Waals surface area contributed by atoms with Crippen LogP contribution < -0.4 is 11.3 Å². The summed E-state index contributed by atoms with van der Waals surface area (Å²) in [5.74, 6) is 0.196. The molecule has 1 heterocycles. The van der Waals surface area contributed by atoms with Gasteiger partial charge in [-0.05, 0) is 20.0 Å². The van der Waals surface area contributed by atoms with E-state index in [0.29, 0.717) is 13.0 Å². The summed E-state index contributed by atoms with van der Waals surface area (Å²) in [7, 11) is 1.97. The summed E-state index contributed by atoms with van der Waals surface area (Å²) in [6.45, 7) is 3.44. The zero-order valence-corrected chi connectivity index (χ0v) is 10.4. The number of nitrogens with zero attached hydrogens (tertiary/aromatic N) is 2. The second-order valence-electron chi connectivity index (χ2n) is 4.29. The van der Waals surface area contributed by atoms with E-state index >= 15 is 0 Å². The molecule has 0 aromatic carbocycles. The van der Waals surface area contributed by atoms with Crippen LogP contribution in [0.15, 0.2) is 29.2 Å². The predicted molar refractivity (Wildman–Crippen MR) is 69.3 cm³/mol. The Morgan fingerprint density at radius 1 is 1.59 bits per heavy atom. The van der Waals surface area contributed by atoms with Crippen molar-refractivity contribution in [3.05, 3.63) is 34.7 Å². The number of nitrogens with two attached hydrogens (primary N) is 1. The molecule has 1 aromatic heterocycles. The van der Waals surface area contributed by atoms with Gasteiger partial charge in [-0.25, -0.2) is 0 Å². The van der Waals surface area contributed by atoms with Crippen LogP contribution in [-0.2, 0) is 6.54 Å². The van der Waals surface area contributed by atoms with Crippen molar-refractivity contribution in [3.63, 3.8) is 0 Å². The van der Waals surface area contributed by atoms with Gasteiger partial charge in [-0.1, -0.05) is 6.07 Å². The third kappa shape index (κ3) is 4.40. The maximum atomic E-state index is 11.5. The van der Waals surface area contributed by atoms with Crippen molar-refractivity contribution in [2.75, 3.05) is 13.6 Å². The average molecular weight is 236 g/mol. The first-order valence-electron chi connectivity index (χ1n) is 5.69. The van der Waals surface area contributed by atoms with Crippen LogP contribution in [0.1, 0.15) is 13.3 Å². The molecule has 1 aromatic rings. The molecule has 94 valence electrons. The molecule has 0 aliphatic carbocycles. The molecule has 1 unspecified atom stereocenters. The number of pyridine rings is 1. The van der Waals surface area contributed by atoms with Crippen LogP contribution in [0.3, 0.4) is 0 Å². The summed E-state index contributed by atoms with van der Waals surface area (Å²) in [6.07, 6.45) is 2.34. The topological polar surface area (TPSA) is 75.1 Å². The number of aromatic nitrogens is 1. The Labute approximate surface area is 101 Å². The van der Waals surface area contributed by atoms with Crippen LogP contribution >= 0.6 is 0 Å². The Kier molecular flexibility index (Phi) is 4.90. The SMILES string of the molecule is CC(CC(=N)N)N(C)CCn1ccccc1=O. The van der Waals surface area contributed by atoms with Gasteiger partial charge in [-0.2, -0.15) is 0 Å². The highest BCUT2D eigenvalue weighted by atomic mass is 16.1. The fraction of sp³-hybridized carbons (Fsp3) is 0.500. The zero-order chi connectivity index (χ0) is 12.8. The Balaban J connectivity index is 2.48. The minimum Gasteiger partial charge on any atom is -0.388 e. The molecule has 0 radical (unpaired) electrons. The molecule has 1 atom stereocenters. The van der Waals surface area contributed by atoms with E-state index in [4.69, 9.17) is 11.1 Å². The Bertz CT molecular complexity index is 427. The van der Waals surface area contributed by atoms with Crippen molar-refractivity contribution < 1.29 is 0 Å². The molecule has 0 amide bonds. The van der Waals surface area contributed by atoms with Gasteiger partial charge in [0.05, 0.1) is 5.84 Å². The number of rotatable bonds is 6. The van der Waals surface area contributed by atoms with E-state index in [-0.39, 0.29) is 17.4 Å². The molecule has 0 saturated heterocycles. The van der Waals surface area contributed by atoms with Gasteiger partial charge in [0, 0.05) is 37.8 Å². The Hall–Kier alpha value is -1.62. The highest BCUT2D eigenvalue weighted by molar-refractivity contribution is 5.77. The van der Waals surface area contributed by atoms with E-state index in [1.165, 1.54) is 0 Å². The van der Waals surface area contributed by atoms with Gasteiger partial charge < -0.3 is 15.2 Å². The lowest BCUT2D eigenvalue weighted by Crippen LogP contribution is -2.36. The van der Waals surface area contributed by atoms with E-state index < -0.39 is 0 Å². The van der Waals surface area contributed by atoms with Gasteiger partial charge >= 0.3 is 0 Å². The molecule has 17 heavy (non-hydrogen) atoms. The molecule has 0 aliphatic rings. The molecular formula is C12H20N4O. The van der Waals surface area contributed by atoms with Crippen LogP contribution in [0, 0.1) is 5.41 Å². The number of hydrogen-bond donors (Lipinski definition) is 2. The maximum Gasteiger partial charge on any atom is 0.250 e. The normalized spacial score (nSPS) is 12.6. The van der Waals surface area contributed by atoms with E-state index in [1.807, 2.05) is 20.0 Å². The van der Waals surface area contributed by atoms with Crippen molar-refractivity contribution in [1.29, 1.82) is 5.41 Å². The minimum atomic E-state index is 0.0140. The highest BCUT2D eigenvalue weighted by Crippen LogP contribution is 2.00. The third-order valence-corrected chi connectivity index (χ3v) is 2.86. The van der Waals surface area contributed by atoms with Gasteiger partial charge in [0.25, 0.3) is 5.56 Å². The van der Waals surface area contributed by atoms with Crippen LogP contribution in [0.25, 0.3) is 0 Å². The molecule has 1 rings (SSSR count). The van der Waals surface area contributed by atoms with Crippen LogP contribution in [0.4, 0.5) is 0 Å². The van der Waals surface area contributed by atoms with E-state index in [1.54, 1.807) is 22.9 Å². The summed E-state index contributed by atoms with van der Waals surface area (Å²) >= 11 is 0. The van der Waals surface area contributed by atoms with Gasteiger partial charge in [0.2, 0.25) is 0 Å². The fourth-order valence-corrected chi connectivity index (χ4v) is 1.61. The quantitative estimate of drug-likeness (QED) is 0.557. The van der Waals surface area contributed by atoms with Gasteiger partial charge in [-0.3, -0.25) is 10.2 Å². The smallest absolute Gasteiger partial charge is 0.250 e. The first-order chi connectivity index (χ1) is 8.00. The first kappa shape index (κ1) is 13.4. The number of nitrogens with one attached hydrogen (secondary N) is 1. The summed E-state index contributed by atoms with van der Waals surface area (Å²) in [5.41, 5.74) is 5.38. The second kappa shape index (κ2) is 6.20. The molecule has 0 bridgehead atoms. The average Bonchev–Trinajstić information content (AvgIpc) is 2.26. The van der Waals surface area contributed by atoms with Crippen LogP contribution in [0.5, 0.6) is 0 Å². The molecule has 0 aliphatic heterocycles. The molecular weight excluding hydrogens is 216 g/mol. The summed E-state index contributed by atoms with van der Waals surface area (Å²) in [6, 6.07) is 5.35. The first-order valence-corrected chi connectivity index (χ1v) is 5.69. The standard InChI is InChI=1S/C12H20N4O/c1-10(9-11(13)14)15(2)7-8-16-6-4-3-5-12(16)17/h3-6,10H,7-9H2,1-2H3,(H3,13,14).